The van der Waals surface area contributed by atoms with Gasteiger partial charge in [0.25, 0.3) is 0 Å². The highest BCUT2D eigenvalue weighted by Crippen LogP contribution is 2.21. The molecular weight excluding hydrogens is 162 g/mol. The number of methoxy groups -OCH3 is 1. The Labute approximate surface area is 71.3 Å². The molecule has 0 spiro atoms. The lowest BCUT2D eigenvalue weighted by Crippen LogP contribution is -2.40. The van der Waals surface area contributed by atoms with Crippen LogP contribution in [0.5, 0.6) is 0 Å². The summed E-state index contributed by atoms with van der Waals surface area (Å²) in [6.45, 7) is -0.145. The van der Waals surface area contributed by atoms with E-state index in [4.69, 9.17) is 14.6 Å². The number of hydrogen-bond donors (Lipinski definition) is 3. The van der Waals surface area contributed by atoms with Gasteiger partial charge in [-0.3, -0.25) is 5.32 Å². The highest BCUT2D eigenvalue weighted by Gasteiger charge is 2.42. The number of nitrogens with one attached hydrogen (secondary N) is 1. The van der Waals surface area contributed by atoms with E-state index in [1.807, 2.05) is 0 Å². The molecule has 1 aliphatic heterocycles. The molecule has 1 fully saturated rings. The lowest BCUT2D eigenvalue weighted by molar-refractivity contribution is -0.0394. The van der Waals surface area contributed by atoms with Crippen LogP contribution in [0.2, 0.25) is 0 Å². The zero-order valence-corrected chi connectivity index (χ0v) is 7.23. The van der Waals surface area contributed by atoms with Gasteiger partial charge in [0.15, 0.2) is 0 Å². The Kier molecular flexibility index (Phi) is 3.42. The van der Waals surface area contributed by atoms with Gasteiger partial charge in [0.1, 0.15) is 24.5 Å². The first-order valence-electron chi connectivity index (χ1n) is 3.89. The summed E-state index contributed by atoms with van der Waals surface area (Å²) in [4.78, 5) is 0. The van der Waals surface area contributed by atoms with Crippen LogP contribution in [0.1, 0.15) is 0 Å². The van der Waals surface area contributed by atoms with Crippen molar-refractivity contribution in [1.82, 2.24) is 5.32 Å². The van der Waals surface area contributed by atoms with E-state index in [0.29, 0.717) is 0 Å². The second-order valence-corrected chi connectivity index (χ2v) is 2.76. The number of ether oxygens (including phenoxy) is 2. The van der Waals surface area contributed by atoms with E-state index in [1.54, 1.807) is 7.05 Å². The monoisotopic (exact) mass is 177 g/mol. The van der Waals surface area contributed by atoms with Crippen LogP contribution >= 0.6 is 0 Å². The number of aliphatic hydroxyl groups excluding tert-OH is 2. The largest absolute Gasteiger partial charge is 0.394 e. The third-order valence-electron chi connectivity index (χ3n) is 2.07. The van der Waals surface area contributed by atoms with Gasteiger partial charge in [0, 0.05) is 7.11 Å². The molecule has 4 atom stereocenters. The van der Waals surface area contributed by atoms with E-state index >= 15 is 0 Å². The predicted molar refractivity (Wildman–Crippen MR) is 41.6 cm³/mol. The topological polar surface area (TPSA) is 71.0 Å². The average molecular weight is 177 g/mol. The maximum atomic E-state index is 9.53. The quantitative estimate of drug-likeness (QED) is 0.479. The summed E-state index contributed by atoms with van der Waals surface area (Å²) in [5.74, 6) is 0. The number of rotatable bonds is 3. The fourth-order valence-corrected chi connectivity index (χ4v) is 1.42. The van der Waals surface area contributed by atoms with Crippen LogP contribution in [0.15, 0.2) is 0 Å². The van der Waals surface area contributed by atoms with Gasteiger partial charge < -0.3 is 19.7 Å². The van der Waals surface area contributed by atoms with Gasteiger partial charge in [-0.15, -0.1) is 0 Å². The van der Waals surface area contributed by atoms with Gasteiger partial charge in [-0.2, -0.15) is 0 Å². The summed E-state index contributed by atoms with van der Waals surface area (Å²) in [7, 11) is 3.16. The summed E-state index contributed by atoms with van der Waals surface area (Å²) in [5.41, 5.74) is 0. The summed E-state index contributed by atoms with van der Waals surface area (Å²) in [6, 6.07) is 0. The third-order valence-corrected chi connectivity index (χ3v) is 2.07. The molecule has 4 unspecified atom stereocenters. The first kappa shape index (κ1) is 9.88. The molecule has 1 saturated heterocycles. The first-order chi connectivity index (χ1) is 5.74. The Morgan fingerprint density at radius 3 is 2.58 bits per heavy atom. The number of likely N-dealkylation sites (N-methyl/N-ethyl adjacent to an activating group) is 1. The van der Waals surface area contributed by atoms with Crippen molar-refractivity contribution in [1.29, 1.82) is 0 Å². The van der Waals surface area contributed by atoms with Crippen LogP contribution in [-0.2, 0) is 9.47 Å². The predicted octanol–water partition coefficient (Wildman–Crippen LogP) is -1.70. The molecule has 0 aromatic rings. The molecule has 1 aliphatic rings. The highest BCUT2D eigenvalue weighted by molar-refractivity contribution is 4.89. The van der Waals surface area contributed by atoms with E-state index in [1.165, 1.54) is 7.11 Å². The fraction of sp³-hybridized carbons (Fsp3) is 1.00. The zero-order valence-electron chi connectivity index (χ0n) is 7.23. The van der Waals surface area contributed by atoms with Crippen molar-refractivity contribution < 1.29 is 19.7 Å². The van der Waals surface area contributed by atoms with Gasteiger partial charge in [0.05, 0.1) is 6.61 Å². The van der Waals surface area contributed by atoms with Crippen molar-refractivity contribution in [2.24, 2.45) is 0 Å². The lowest BCUT2D eigenvalue weighted by Gasteiger charge is -2.16. The van der Waals surface area contributed by atoms with Crippen LogP contribution in [0, 0.1) is 0 Å². The Hall–Kier alpha value is -0.200. The Balaban J connectivity index is 2.58. The molecule has 72 valence electrons. The first-order valence-corrected chi connectivity index (χ1v) is 3.89. The molecule has 5 heteroatoms. The van der Waals surface area contributed by atoms with Gasteiger partial charge in [-0.05, 0) is 7.05 Å². The van der Waals surface area contributed by atoms with Gasteiger partial charge in [-0.1, -0.05) is 0 Å². The Morgan fingerprint density at radius 1 is 1.58 bits per heavy atom. The number of aliphatic hydroxyl groups is 2. The molecule has 0 aliphatic carbocycles. The van der Waals surface area contributed by atoms with Crippen LogP contribution in [0.3, 0.4) is 0 Å². The van der Waals surface area contributed by atoms with Crippen LogP contribution in [0.25, 0.3) is 0 Å². The fourth-order valence-electron chi connectivity index (χ4n) is 1.42. The molecule has 5 nitrogen and oxygen atoms in total. The van der Waals surface area contributed by atoms with Crippen molar-refractivity contribution in [3.8, 4) is 0 Å². The molecular formula is C7H15NO4. The average Bonchev–Trinajstić information content (AvgIpc) is 2.41. The van der Waals surface area contributed by atoms with Crippen LogP contribution in [0.4, 0.5) is 0 Å². The van der Waals surface area contributed by atoms with Crippen molar-refractivity contribution >= 4 is 0 Å². The minimum absolute atomic E-state index is 0.145. The maximum Gasteiger partial charge on any atom is 0.137 e. The molecule has 1 heterocycles. The normalized spacial score (nSPS) is 42.0. The summed E-state index contributed by atoms with van der Waals surface area (Å²) < 4.78 is 10.2. The van der Waals surface area contributed by atoms with Gasteiger partial charge >= 0.3 is 0 Å². The summed E-state index contributed by atoms with van der Waals surface area (Å²) in [5, 5.41) is 21.2. The molecule has 0 radical (unpaired) electrons. The van der Waals surface area contributed by atoms with Crippen LogP contribution in [-0.4, -0.2) is 55.5 Å². The van der Waals surface area contributed by atoms with E-state index < -0.39 is 24.5 Å². The summed E-state index contributed by atoms with van der Waals surface area (Å²) in [6.07, 6.45) is -2.07. The second-order valence-electron chi connectivity index (χ2n) is 2.76. The SMILES string of the molecule is CNC1OC(CO)C(OC)C1O. The highest BCUT2D eigenvalue weighted by atomic mass is 16.6. The van der Waals surface area contributed by atoms with E-state index in [9.17, 15) is 5.11 Å². The Bertz CT molecular complexity index is 141. The van der Waals surface area contributed by atoms with Gasteiger partial charge in [0.2, 0.25) is 0 Å². The minimum Gasteiger partial charge on any atom is -0.394 e. The molecule has 0 saturated carbocycles. The molecule has 12 heavy (non-hydrogen) atoms. The minimum atomic E-state index is -0.725. The van der Waals surface area contributed by atoms with Gasteiger partial charge in [-0.25, -0.2) is 0 Å². The van der Waals surface area contributed by atoms with Crippen LogP contribution < -0.4 is 5.32 Å². The molecule has 3 N–H and O–H groups in total. The van der Waals surface area contributed by atoms with E-state index in [2.05, 4.69) is 5.32 Å². The number of hydrogen-bond acceptors (Lipinski definition) is 5. The molecule has 0 amide bonds. The van der Waals surface area contributed by atoms with Crippen molar-refractivity contribution in [2.75, 3.05) is 20.8 Å². The standard InChI is InChI=1S/C7H15NO4/c1-8-7-5(10)6(11-2)4(3-9)12-7/h4-10H,3H2,1-2H3. The van der Waals surface area contributed by atoms with Crippen molar-refractivity contribution in [3.63, 3.8) is 0 Å². The van der Waals surface area contributed by atoms with Crippen molar-refractivity contribution in [3.05, 3.63) is 0 Å². The Morgan fingerprint density at radius 2 is 2.25 bits per heavy atom. The molecule has 0 aromatic heterocycles. The summed E-state index contributed by atoms with van der Waals surface area (Å²) >= 11 is 0. The second kappa shape index (κ2) is 4.15. The third kappa shape index (κ3) is 1.60. The van der Waals surface area contributed by atoms with E-state index in [0.717, 1.165) is 0 Å². The van der Waals surface area contributed by atoms with E-state index in [-0.39, 0.29) is 6.61 Å². The van der Waals surface area contributed by atoms with Crippen molar-refractivity contribution in [2.45, 2.75) is 24.5 Å². The molecule has 0 aromatic carbocycles. The molecule has 0 bridgehead atoms. The zero-order chi connectivity index (χ0) is 9.14. The lowest BCUT2D eigenvalue weighted by atomic mass is 10.1. The molecule has 1 rings (SSSR count). The maximum absolute atomic E-state index is 9.53. The smallest absolute Gasteiger partial charge is 0.137 e.